The third-order valence-corrected chi connectivity index (χ3v) is 6.31. The molecule has 2 saturated carbocycles. The van der Waals surface area contributed by atoms with Crippen LogP contribution in [0.15, 0.2) is 30.3 Å². The summed E-state index contributed by atoms with van der Waals surface area (Å²) < 4.78 is 5.91. The average Bonchev–Trinajstić information content (AvgIpc) is 2.62. The Hall–Kier alpha value is -1.39. The van der Waals surface area contributed by atoms with Crippen LogP contribution in [-0.4, -0.2) is 36.5 Å². The topological polar surface area (TPSA) is 55.6 Å². The fourth-order valence-electron chi connectivity index (χ4n) is 4.97. The Kier molecular flexibility index (Phi) is 4.59. The molecule has 1 amide bonds. The van der Waals surface area contributed by atoms with Gasteiger partial charge in [0.2, 0.25) is 5.91 Å². The number of amides is 1. The second kappa shape index (κ2) is 6.85. The van der Waals surface area contributed by atoms with Crippen LogP contribution in [0.2, 0.25) is 0 Å². The number of rotatable bonds is 2. The number of hydrogen-bond acceptors (Lipinski definition) is 3. The van der Waals surface area contributed by atoms with Crippen LogP contribution in [0, 0.1) is 17.8 Å². The van der Waals surface area contributed by atoms with Crippen molar-refractivity contribution in [3.8, 4) is 0 Å². The van der Waals surface area contributed by atoms with Crippen molar-refractivity contribution in [2.24, 2.45) is 23.5 Å². The quantitative estimate of drug-likeness (QED) is 0.908. The first kappa shape index (κ1) is 16.1. The summed E-state index contributed by atoms with van der Waals surface area (Å²) in [6.07, 6.45) is 5.69. The molecule has 3 aliphatic rings. The fourth-order valence-corrected chi connectivity index (χ4v) is 4.97. The standard InChI is InChI=1S/C20H28N2O2/c21-19-15-7-4-8-16(19)12-17(11-15)20(23)22-9-10-24-18(13-22)14-5-2-1-3-6-14/h1-3,5-6,15-19H,4,7-13,21H2. The van der Waals surface area contributed by atoms with Crippen molar-refractivity contribution in [2.45, 2.75) is 44.2 Å². The van der Waals surface area contributed by atoms with Crippen LogP contribution in [0.5, 0.6) is 0 Å². The lowest BCUT2D eigenvalue weighted by Crippen LogP contribution is -2.51. The summed E-state index contributed by atoms with van der Waals surface area (Å²) in [4.78, 5) is 15.1. The van der Waals surface area contributed by atoms with Gasteiger partial charge in [0.05, 0.1) is 13.2 Å². The molecule has 2 N–H and O–H groups in total. The van der Waals surface area contributed by atoms with Crippen molar-refractivity contribution in [3.63, 3.8) is 0 Å². The smallest absolute Gasteiger partial charge is 0.225 e. The third-order valence-electron chi connectivity index (χ3n) is 6.31. The first-order valence-corrected chi connectivity index (χ1v) is 9.43. The zero-order valence-corrected chi connectivity index (χ0v) is 14.3. The Labute approximate surface area is 144 Å². The fraction of sp³-hybridized carbons (Fsp3) is 0.650. The molecule has 24 heavy (non-hydrogen) atoms. The lowest BCUT2D eigenvalue weighted by atomic mass is 9.65. The Morgan fingerprint density at radius 1 is 1.12 bits per heavy atom. The zero-order chi connectivity index (χ0) is 16.5. The van der Waals surface area contributed by atoms with Gasteiger partial charge in [-0.1, -0.05) is 36.8 Å². The molecule has 1 saturated heterocycles. The predicted molar refractivity (Wildman–Crippen MR) is 93.2 cm³/mol. The van der Waals surface area contributed by atoms with E-state index in [1.165, 1.54) is 19.3 Å². The number of nitrogens with two attached hydrogens (primary N) is 1. The van der Waals surface area contributed by atoms with Crippen molar-refractivity contribution in [1.82, 2.24) is 4.90 Å². The molecule has 1 aromatic rings. The summed E-state index contributed by atoms with van der Waals surface area (Å²) in [6.45, 7) is 2.03. The van der Waals surface area contributed by atoms with E-state index in [0.29, 0.717) is 36.9 Å². The average molecular weight is 328 g/mol. The minimum atomic E-state index is 0.00856. The van der Waals surface area contributed by atoms with Crippen LogP contribution >= 0.6 is 0 Å². The molecule has 3 fully saturated rings. The molecule has 1 aromatic carbocycles. The molecule has 2 bridgehead atoms. The van der Waals surface area contributed by atoms with Gasteiger partial charge in [0.1, 0.15) is 6.10 Å². The predicted octanol–water partition coefficient (Wildman–Crippen LogP) is 2.74. The normalized spacial score (nSPS) is 36.4. The molecular weight excluding hydrogens is 300 g/mol. The molecule has 130 valence electrons. The van der Waals surface area contributed by atoms with Gasteiger partial charge in [-0.2, -0.15) is 0 Å². The first-order valence-electron chi connectivity index (χ1n) is 9.43. The van der Waals surface area contributed by atoms with E-state index in [-0.39, 0.29) is 12.0 Å². The summed E-state index contributed by atoms with van der Waals surface area (Å²) in [6, 6.07) is 10.6. The van der Waals surface area contributed by atoms with Gasteiger partial charge in [-0.3, -0.25) is 4.79 Å². The summed E-state index contributed by atoms with van der Waals surface area (Å²) in [5.74, 6) is 1.62. The molecule has 0 spiro atoms. The van der Waals surface area contributed by atoms with Crippen molar-refractivity contribution >= 4 is 5.91 Å². The molecule has 0 aromatic heterocycles. The Morgan fingerprint density at radius 3 is 2.54 bits per heavy atom. The number of carbonyl (C=O) groups excluding carboxylic acids is 1. The van der Waals surface area contributed by atoms with Crippen LogP contribution in [0.4, 0.5) is 0 Å². The monoisotopic (exact) mass is 328 g/mol. The van der Waals surface area contributed by atoms with E-state index in [1.807, 2.05) is 23.1 Å². The van der Waals surface area contributed by atoms with Gasteiger partial charge in [-0.25, -0.2) is 0 Å². The largest absolute Gasteiger partial charge is 0.370 e. The van der Waals surface area contributed by atoms with Crippen LogP contribution in [0.3, 0.4) is 0 Å². The molecule has 0 radical (unpaired) electrons. The molecule has 1 aliphatic heterocycles. The maximum Gasteiger partial charge on any atom is 0.225 e. The van der Waals surface area contributed by atoms with E-state index in [4.69, 9.17) is 10.5 Å². The van der Waals surface area contributed by atoms with E-state index >= 15 is 0 Å². The molecule has 3 unspecified atom stereocenters. The van der Waals surface area contributed by atoms with E-state index in [9.17, 15) is 4.79 Å². The lowest BCUT2D eigenvalue weighted by Gasteiger charge is -2.45. The highest BCUT2D eigenvalue weighted by atomic mass is 16.5. The maximum atomic E-state index is 13.1. The number of hydrogen-bond donors (Lipinski definition) is 1. The molecule has 2 aliphatic carbocycles. The van der Waals surface area contributed by atoms with Crippen LogP contribution in [0.1, 0.15) is 43.8 Å². The van der Waals surface area contributed by atoms with Gasteiger partial charge >= 0.3 is 0 Å². The van der Waals surface area contributed by atoms with Gasteiger partial charge in [0.15, 0.2) is 0 Å². The van der Waals surface area contributed by atoms with Gasteiger partial charge in [0, 0.05) is 18.5 Å². The number of fused-ring (bicyclic) bond motifs is 2. The zero-order valence-electron chi connectivity index (χ0n) is 14.3. The Bertz CT molecular complexity index is 562. The van der Waals surface area contributed by atoms with Gasteiger partial charge < -0.3 is 15.4 Å². The van der Waals surface area contributed by atoms with Gasteiger partial charge in [-0.15, -0.1) is 0 Å². The van der Waals surface area contributed by atoms with Crippen molar-refractivity contribution in [1.29, 1.82) is 0 Å². The number of ether oxygens (including phenoxy) is 1. The lowest BCUT2D eigenvalue weighted by molar-refractivity contribution is -0.146. The Morgan fingerprint density at radius 2 is 1.83 bits per heavy atom. The molecule has 4 nitrogen and oxygen atoms in total. The highest BCUT2D eigenvalue weighted by Crippen LogP contribution is 2.42. The second-order valence-corrected chi connectivity index (χ2v) is 7.75. The molecule has 4 heteroatoms. The Balaban J connectivity index is 1.43. The van der Waals surface area contributed by atoms with E-state index in [0.717, 1.165) is 24.9 Å². The number of benzene rings is 1. The summed E-state index contributed by atoms with van der Waals surface area (Å²) in [5.41, 5.74) is 7.54. The molecule has 4 rings (SSSR count). The number of morpholine rings is 1. The van der Waals surface area contributed by atoms with Crippen LogP contribution < -0.4 is 5.73 Å². The van der Waals surface area contributed by atoms with Crippen molar-refractivity contribution in [2.75, 3.05) is 19.7 Å². The highest BCUT2D eigenvalue weighted by molar-refractivity contribution is 5.79. The van der Waals surface area contributed by atoms with Crippen molar-refractivity contribution in [3.05, 3.63) is 35.9 Å². The maximum absolute atomic E-state index is 13.1. The summed E-state index contributed by atoms with van der Waals surface area (Å²) >= 11 is 0. The minimum Gasteiger partial charge on any atom is -0.370 e. The van der Waals surface area contributed by atoms with Crippen LogP contribution in [-0.2, 0) is 9.53 Å². The number of carbonyl (C=O) groups is 1. The van der Waals surface area contributed by atoms with Crippen LogP contribution in [0.25, 0.3) is 0 Å². The minimum absolute atomic E-state index is 0.00856. The van der Waals surface area contributed by atoms with Crippen molar-refractivity contribution < 1.29 is 9.53 Å². The van der Waals surface area contributed by atoms with Gasteiger partial charge in [-0.05, 0) is 43.1 Å². The summed E-state index contributed by atoms with van der Waals surface area (Å²) in [5, 5.41) is 0. The molecule has 3 atom stereocenters. The molecular formula is C20H28N2O2. The highest BCUT2D eigenvalue weighted by Gasteiger charge is 2.42. The second-order valence-electron chi connectivity index (χ2n) is 7.75. The van der Waals surface area contributed by atoms with Gasteiger partial charge in [0.25, 0.3) is 0 Å². The first-order chi connectivity index (χ1) is 11.7. The SMILES string of the molecule is NC1C2CCCC1CC(C(=O)N1CCOC(c3ccccc3)C1)C2. The molecule has 1 heterocycles. The third kappa shape index (κ3) is 3.09. The number of nitrogens with zero attached hydrogens (tertiary/aromatic N) is 1. The van der Waals surface area contributed by atoms with E-state index < -0.39 is 0 Å². The van der Waals surface area contributed by atoms with E-state index in [1.54, 1.807) is 0 Å². The van der Waals surface area contributed by atoms with E-state index in [2.05, 4.69) is 12.1 Å². The summed E-state index contributed by atoms with van der Waals surface area (Å²) in [7, 11) is 0.